The Balaban J connectivity index is 1.87. The van der Waals surface area contributed by atoms with E-state index in [0.29, 0.717) is 6.61 Å². The fraction of sp³-hybridized carbons (Fsp3) is 0.368. The van der Waals surface area contributed by atoms with Gasteiger partial charge >= 0.3 is 0 Å². The third-order valence-electron chi connectivity index (χ3n) is 4.52. The first-order valence-electron chi connectivity index (χ1n) is 8.01. The summed E-state index contributed by atoms with van der Waals surface area (Å²) >= 11 is 0. The maximum Gasteiger partial charge on any atom is 0.201 e. The number of halogens is 3. The molecule has 2 aromatic rings. The lowest BCUT2D eigenvalue weighted by Crippen LogP contribution is -2.26. The van der Waals surface area contributed by atoms with Crippen LogP contribution in [0.3, 0.4) is 0 Å². The molecule has 0 aromatic heterocycles. The second-order valence-corrected chi connectivity index (χ2v) is 5.96. The molecule has 0 amide bonds. The van der Waals surface area contributed by atoms with Crippen molar-refractivity contribution in [2.75, 3.05) is 20.8 Å². The largest absolute Gasteiger partial charge is 0.494 e. The minimum Gasteiger partial charge on any atom is -0.494 e. The third-order valence-corrected chi connectivity index (χ3v) is 4.52. The summed E-state index contributed by atoms with van der Waals surface area (Å²) in [4.78, 5) is 0. The van der Waals surface area contributed by atoms with E-state index in [2.05, 4.69) is 0 Å². The van der Waals surface area contributed by atoms with Gasteiger partial charge in [0.1, 0.15) is 5.82 Å². The number of rotatable bonds is 4. The molecule has 1 saturated heterocycles. The van der Waals surface area contributed by atoms with Crippen molar-refractivity contribution in [3.05, 3.63) is 53.3 Å². The fourth-order valence-electron chi connectivity index (χ4n) is 3.08. The van der Waals surface area contributed by atoms with Crippen LogP contribution in [0.25, 0.3) is 11.1 Å². The number of hydrogen-bond donors (Lipinski definition) is 0. The van der Waals surface area contributed by atoms with Crippen molar-refractivity contribution in [2.45, 2.75) is 25.0 Å². The van der Waals surface area contributed by atoms with Crippen LogP contribution in [0.15, 0.2) is 30.3 Å². The van der Waals surface area contributed by atoms with E-state index in [1.807, 2.05) is 0 Å². The maximum atomic E-state index is 14.5. The lowest BCUT2D eigenvalue weighted by molar-refractivity contribution is -0.150. The van der Waals surface area contributed by atoms with Crippen LogP contribution < -0.4 is 4.74 Å². The van der Waals surface area contributed by atoms with Gasteiger partial charge in [0.15, 0.2) is 17.9 Å². The van der Waals surface area contributed by atoms with Gasteiger partial charge in [0.05, 0.1) is 13.7 Å². The standard InChI is InChI=1S/C19H19F3O3/c1-23-16-7-6-14(18(21)19(16)22)13-5-3-11(9-15(13)20)12-4-8-17(24-2)25-10-12/h3,5-7,9,12,17H,4,8,10H2,1-2H3. The molecule has 0 saturated carbocycles. The second-order valence-electron chi connectivity index (χ2n) is 5.96. The predicted molar refractivity (Wildman–Crippen MR) is 87.0 cm³/mol. The minimum atomic E-state index is -1.13. The van der Waals surface area contributed by atoms with Crippen molar-refractivity contribution in [1.82, 2.24) is 0 Å². The van der Waals surface area contributed by atoms with Gasteiger partial charge in [-0.05, 0) is 36.6 Å². The van der Waals surface area contributed by atoms with Crippen LogP contribution in [0, 0.1) is 17.5 Å². The molecule has 0 radical (unpaired) electrons. The molecule has 0 spiro atoms. The minimum absolute atomic E-state index is 0.00861. The summed E-state index contributed by atoms with van der Waals surface area (Å²) in [6, 6.07) is 7.14. The number of ether oxygens (including phenoxy) is 3. The van der Waals surface area contributed by atoms with Crippen LogP contribution in [0.1, 0.15) is 24.3 Å². The van der Waals surface area contributed by atoms with E-state index < -0.39 is 17.5 Å². The highest BCUT2D eigenvalue weighted by Gasteiger charge is 2.24. The Bertz CT molecular complexity index is 756. The lowest BCUT2D eigenvalue weighted by Gasteiger charge is -2.28. The van der Waals surface area contributed by atoms with E-state index in [1.54, 1.807) is 13.2 Å². The molecule has 0 aliphatic carbocycles. The van der Waals surface area contributed by atoms with E-state index in [1.165, 1.54) is 31.4 Å². The summed E-state index contributed by atoms with van der Waals surface area (Å²) < 4.78 is 58.0. The van der Waals surface area contributed by atoms with Crippen molar-refractivity contribution in [3.63, 3.8) is 0 Å². The van der Waals surface area contributed by atoms with Crippen LogP contribution in [-0.2, 0) is 9.47 Å². The molecular weight excluding hydrogens is 333 g/mol. The Morgan fingerprint density at radius 1 is 0.960 bits per heavy atom. The van der Waals surface area contributed by atoms with Gasteiger partial charge in [0.25, 0.3) is 0 Å². The summed E-state index contributed by atoms with van der Waals surface area (Å²) in [6.45, 7) is 0.433. The zero-order chi connectivity index (χ0) is 18.0. The first kappa shape index (κ1) is 17.8. The summed E-state index contributed by atoms with van der Waals surface area (Å²) in [5, 5.41) is 0. The van der Waals surface area contributed by atoms with Gasteiger partial charge < -0.3 is 14.2 Å². The second kappa shape index (κ2) is 7.45. The van der Waals surface area contributed by atoms with Gasteiger partial charge in [0, 0.05) is 24.2 Å². The van der Waals surface area contributed by atoms with E-state index in [9.17, 15) is 13.2 Å². The van der Waals surface area contributed by atoms with Gasteiger partial charge in [-0.25, -0.2) is 8.78 Å². The molecular formula is C19H19F3O3. The van der Waals surface area contributed by atoms with Gasteiger partial charge in [-0.15, -0.1) is 0 Å². The Morgan fingerprint density at radius 2 is 1.72 bits per heavy atom. The van der Waals surface area contributed by atoms with Crippen LogP contribution >= 0.6 is 0 Å². The number of hydrogen-bond acceptors (Lipinski definition) is 3. The average molecular weight is 352 g/mol. The summed E-state index contributed by atoms with van der Waals surface area (Å²) in [7, 11) is 2.83. The van der Waals surface area contributed by atoms with E-state index >= 15 is 0 Å². The molecule has 0 bridgehead atoms. The average Bonchev–Trinajstić information content (AvgIpc) is 2.64. The van der Waals surface area contributed by atoms with Crippen LogP contribution in [0.2, 0.25) is 0 Å². The SMILES string of the molecule is COc1ccc(-c2ccc(C3CCC(OC)OC3)cc2F)c(F)c1F. The molecule has 1 fully saturated rings. The van der Waals surface area contributed by atoms with Crippen LogP contribution in [0.5, 0.6) is 5.75 Å². The molecule has 25 heavy (non-hydrogen) atoms. The Kier molecular flexibility index (Phi) is 5.30. The molecule has 3 rings (SSSR count). The first-order valence-corrected chi connectivity index (χ1v) is 8.01. The summed E-state index contributed by atoms with van der Waals surface area (Å²) in [5.41, 5.74) is 0.640. The Hall–Kier alpha value is -2.05. The molecule has 1 heterocycles. The Morgan fingerprint density at radius 3 is 2.32 bits per heavy atom. The van der Waals surface area contributed by atoms with Crippen LogP contribution in [0.4, 0.5) is 13.2 Å². The van der Waals surface area contributed by atoms with Gasteiger partial charge in [-0.3, -0.25) is 0 Å². The van der Waals surface area contributed by atoms with Crippen molar-refractivity contribution in [2.24, 2.45) is 0 Å². The van der Waals surface area contributed by atoms with Crippen molar-refractivity contribution in [1.29, 1.82) is 0 Å². The summed E-state index contributed by atoms with van der Waals surface area (Å²) in [5.74, 6) is -3.03. The smallest absolute Gasteiger partial charge is 0.201 e. The van der Waals surface area contributed by atoms with Crippen molar-refractivity contribution < 1.29 is 27.4 Å². The highest BCUT2D eigenvalue weighted by atomic mass is 19.2. The van der Waals surface area contributed by atoms with Crippen molar-refractivity contribution in [3.8, 4) is 16.9 Å². The molecule has 0 N–H and O–H groups in total. The normalized spacial score (nSPS) is 20.5. The monoisotopic (exact) mass is 352 g/mol. The Labute approximate surface area is 144 Å². The van der Waals surface area contributed by atoms with E-state index in [4.69, 9.17) is 14.2 Å². The molecule has 2 unspecified atom stereocenters. The molecule has 1 aliphatic heterocycles. The molecule has 6 heteroatoms. The van der Waals surface area contributed by atoms with Gasteiger partial charge in [-0.1, -0.05) is 12.1 Å². The van der Waals surface area contributed by atoms with E-state index in [0.717, 1.165) is 18.4 Å². The van der Waals surface area contributed by atoms with Crippen molar-refractivity contribution >= 4 is 0 Å². The predicted octanol–water partition coefficient (Wildman–Crippen LogP) is 4.65. The molecule has 134 valence electrons. The number of methoxy groups -OCH3 is 2. The van der Waals surface area contributed by atoms with E-state index in [-0.39, 0.29) is 29.1 Å². The van der Waals surface area contributed by atoms with Gasteiger partial charge in [0.2, 0.25) is 5.82 Å². The van der Waals surface area contributed by atoms with Crippen LogP contribution in [-0.4, -0.2) is 27.1 Å². The highest BCUT2D eigenvalue weighted by Crippen LogP contribution is 2.34. The zero-order valence-corrected chi connectivity index (χ0v) is 14.0. The topological polar surface area (TPSA) is 27.7 Å². The van der Waals surface area contributed by atoms with Gasteiger partial charge in [-0.2, -0.15) is 4.39 Å². The zero-order valence-electron chi connectivity index (χ0n) is 14.0. The third kappa shape index (κ3) is 3.50. The number of benzene rings is 2. The molecule has 3 nitrogen and oxygen atoms in total. The molecule has 2 aromatic carbocycles. The lowest BCUT2D eigenvalue weighted by atomic mass is 9.91. The maximum absolute atomic E-state index is 14.5. The summed E-state index contributed by atoms with van der Waals surface area (Å²) in [6.07, 6.45) is 1.31. The molecule has 1 aliphatic rings. The fourth-order valence-corrected chi connectivity index (χ4v) is 3.08. The highest BCUT2D eigenvalue weighted by molar-refractivity contribution is 5.66. The first-order chi connectivity index (χ1) is 12.0. The quantitative estimate of drug-likeness (QED) is 0.802. The molecule has 2 atom stereocenters.